The number of rotatable bonds is 0. The third-order valence-corrected chi connectivity index (χ3v) is 5.76. The predicted molar refractivity (Wildman–Crippen MR) is 74.6 cm³/mol. The maximum atomic E-state index is 11.4. The molecule has 0 unspecified atom stereocenters. The summed E-state index contributed by atoms with van der Waals surface area (Å²) in [4.78, 5) is 13.4. The molecule has 3 heterocycles. The van der Waals surface area contributed by atoms with Crippen molar-refractivity contribution in [2.45, 2.75) is 6.92 Å². The van der Waals surface area contributed by atoms with Gasteiger partial charge in [-0.1, -0.05) is 0 Å². The number of carbonyl (C=O) groups excluding carboxylic acids is 1. The van der Waals surface area contributed by atoms with Crippen LogP contribution in [0.5, 0.6) is 0 Å². The molecule has 3 fully saturated rings. The summed E-state index contributed by atoms with van der Waals surface area (Å²) in [6, 6.07) is 0. The highest BCUT2D eigenvalue weighted by Crippen LogP contribution is 2.22. The molecule has 0 radical (unpaired) electrons. The lowest BCUT2D eigenvalue weighted by Gasteiger charge is -2.53. The van der Waals surface area contributed by atoms with Crippen molar-refractivity contribution in [2.24, 2.45) is 0 Å². The minimum absolute atomic E-state index is 0.250. The van der Waals surface area contributed by atoms with Crippen molar-refractivity contribution in [1.82, 2.24) is 10.2 Å². The molecule has 19 heavy (non-hydrogen) atoms. The normalized spacial score (nSPS) is 29.6. The van der Waals surface area contributed by atoms with Crippen molar-refractivity contribution < 1.29 is 13.8 Å². The van der Waals surface area contributed by atoms with Gasteiger partial charge in [-0.05, 0) is 0 Å². The van der Waals surface area contributed by atoms with Crippen LogP contribution in [0.3, 0.4) is 0 Å². The number of carbonyl (C=O) groups is 1. The summed E-state index contributed by atoms with van der Waals surface area (Å²) in [7, 11) is 0. The molecule has 1 amide bonds. The molecule has 0 aliphatic carbocycles. The smallest absolute Gasteiger partial charge is 0.219 e. The van der Waals surface area contributed by atoms with Gasteiger partial charge in [-0.2, -0.15) is 0 Å². The van der Waals surface area contributed by atoms with Crippen LogP contribution in [-0.2, 0) is 4.79 Å². The van der Waals surface area contributed by atoms with Gasteiger partial charge in [0.1, 0.15) is 26.2 Å². The first kappa shape index (κ1) is 13.3. The second-order valence-corrected chi connectivity index (χ2v) is 6.73. The van der Waals surface area contributed by atoms with E-state index in [4.69, 9.17) is 0 Å². The number of hydrogen-bond donors (Lipinski definition) is 1. The SMILES string of the molecule is CC(=O)N1CC[N+]2(CC1)CC[N+]1(CCNCC1)CC2. The van der Waals surface area contributed by atoms with E-state index in [1.54, 1.807) is 6.92 Å². The first-order chi connectivity index (χ1) is 9.13. The third-order valence-electron chi connectivity index (χ3n) is 5.76. The first-order valence-corrected chi connectivity index (χ1v) is 7.80. The number of nitrogens with zero attached hydrogens (tertiary/aromatic N) is 3. The molecule has 3 saturated heterocycles. The number of amides is 1. The summed E-state index contributed by atoms with van der Waals surface area (Å²) in [6.45, 7) is 16.4. The van der Waals surface area contributed by atoms with E-state index in [0.717, 1.165) is 13.1 Å². The van der Waals surface area contributed by atoms with Crippen molar-refractivity contribution in [1.29, 1.82) is 0 Å². The summed E-state index contributed by atoms with van der Waals surface area (Å²) < 4.78 is 2.63. The zero-order valence-electron chi connectivity index (χ0n) is 12.2. The van der Waals surface area contributed by atoms with E-state index in [2.05, 4.69) is 5.32 Å². The Labute approximate surface area is 116 Å². The molecule has 0 saturated carbocycles. The molecule has 0 aromatic rings. The van der Waals surface area contributed by atoms with Gasteiger partial charge in [-0.15, -0.1) is 0 Å². The number of piperazine rings is 3. The number of hydrogen-bond acceptors (Lipinski definition) is 2. The molecular weight excluding hydrogens is 240 g/mol. The Bertz CT molecular complexity index is 331. The summed E-state index contributed by atoms with van der Waals surface area (Å²) in [5.41, 5.74) is 0. The van der Waals surface area contributed by atoms with E-state index in [1.807, 2.05) is 4.90 Å². The van der Waals surface area contributed by atoms with Crippen LogP contribution in [0.2, 0.25) is 0 Å². The standard InChI is InChI=1S/C14H28N4O/c1-14(19)16-4-8-18(9-5-16)12-10-17(11-13-18)6-2-15-3-7-17/h15H,2-13H2,1H3/q+2. The third kappa shape index (κ3) is 2.64. The minimum Gasteiger partial charge on any atom is -0.332 e. The summed E-state index contributed by atoms with van der Waals surface area (Å²) in [5, 5.41) is 3.48. The van der Waals surface area contributed by atoms with Crippen LogP contribution in [0.1, 0.15) is 6.92 Å². The van der Waals surface area contributed by atoms with Crippen LogP contribution in [0.4, 0.5) is 0 Å². The van der Waals surface area contributed by atoms with Crippen LogP contribution >= 0.6 is 0 Å². The molecule has 0 atom stereocenters. The largest absolute Gasteiger partial charge is 0.332 e. The molecular formula is C14H28N4O+2. The van der Waals surface area contributed by atoms with E-state index >= 15 is 0 Å². The first-order valence-electron chi connectivity index (χ1n) is 7.80. The molecule has 3 rings (SSSR count). The highest BCUT2D eigenvalue weighted by Gasteiger charge is 2.44. The van der Waals surface area contributed by atoms with E-state index in [0.29, 0.717) is 0 Å². The van der Waals surface area contributed by atoms with Crippen molar-refractivity contribution >= 4 is 5.91 Å². The van der Waals surface area contributed by atoms with Gasteiger partial charge in [-0.3, -0.25) is 4.79 Å². The second kappa shape index (κ2) is 5.04. The van der Waals surface area contributed by atoms with Gasteiger partial charge < -0.3 is 19.2 Å². The maximum absolute atomic E-state index is 11.4. The molecule has 2 spiro atoms. The molecule has 5 nitrogen and oxygen atoms in total. The second-order valence-electron chi connectivity index (χ2n) is 6.73. The summed E-state index contributed by atoms with van der Waals surface area (Å²) >= 11 is 0. The Morgan fingerprint density at radius 2 is 1.32 bits per heavy atom. The van der Waals surface area contributed by atoms with Gasteiger partial charge in [0.05, 0.1) is 39.3 Å². The van der Waals surface area contributed by atoms with Gasteiger partial charge in [-0.25, -0.2) is 0 Å². The highest BCUT2D eigenvalue weighted by atomic mass is 16.2. The fourth-order valence-corrected chi connectivity index (χ4v) is 4.04. The van der Waals surface area contributed by atoms with Crippen molar-refractivity contribution in [3.05, 3.63) is 0 Å². The van der Waals surface area contributed by atoms with Crippen LogP contribution in [0, 0.1) is 0 Å². The van der Waals surface area contributed by atoms with Crippen LogP contribution < -0.4 is 5.32 Å². The maximum Gasteiger partial charge on any atom is 0.219 e. The Hall–Kier alpha value is -0.650. The molecule has 3 aliphatic heterocycles. The lowest BCUT2D eigenvalue weighted by molar-refractivity contribution is -1.03. The molecule has 0 bridgehead atoms. The van der Waals surface area contributed by atoms with Gasteiger partial charge in [0.15, 0.2) is 0 Å². The monoisotopic (exact) mass is 268 g/mol. The van der Waals surface area contributed by atoms with E-state index in [-0.39, 0.29) is 5.91 Å². The topological polar surface area (TPSA) is 32.3 Å². The predicted octanol–water partition coefficient (Wildman–Crippen LogP) is -0.901. The fourth-order valence-electron chi connectivity index (χ4n) is 4.04. The van der Waals surface area contributed by atoms with Crippen LogP contribution in [0.25, 0.3) is 0 Å². The van der Waals surface area contributed by atoms with Crippen molar-refractivity contribution in [3.63, 3.8) is 0 Å². The van der Waals surface area contributed by atoms with E-state index in [1.165, 1.54) is 74.4 Å². The average molecular weight is 268 g/mol. The fraction of sp³-hybridized carbons (Fsp3) is 0.929. The Kier molecular flexibility index (Phi) is 3.53. The molecule has 108 valence electrons. The summed E-state index contributed by atoms with van der Waals surface area (Å²) in [5.74, 6) is 0.250. The molecule has 0 aromatic carbocycles. The number of nitrogens with one attached hydrogen (secondary N) is 1. The summed E-state index contributed by atoms with van der Waals surface area (Å²) in [6.07, 6.45) is 0. The lowest BCUT2D eigenvalue weighted by Crippen LogP contribution is -2.73. The molecule has 5 heteroatoms. The quantitative estimate of drug-likeness (QED) is 0.578. The zero-order valence-corrected chi connectivity index (χ0v) is 12.2. The van der Waals surface area contributed by atoms with Gasteiger partial charge in [0.2, 0.25) is 5.91 Å². The van der Waals surface area contributed by atoms with Gasteiger partial charge >= 0.3 is 0 Å². The zero-order chi connectivity index (χ0) is 13.3. The van der Waals surface area contributed by atoms with Gasteiger partial charge in [0, 0.05) is 20.0 Å². The Morgan fingerprint density at radius 3 is 1.79 bits per heavy atom. The van der Waals surface area contributed by atoms with Gasteiger partial charge in [0.25, 0.3) is 0 Å². The van der Waals surface area contributed by atoms with E-state index < -0.39 is 0 Å². The Morgan fingerprint density at radius 1 is 0.842 bits per heavy atom. The average Bonchev–Trinajstić information content (AvgIpc) is 2.44. The molecule has 0 aromatic heterocycles. The minimum atomic E-state index is 0.250. The lowest BCUT2D eigenvalue weighted by atomic mass is 10.1. The van der Waals surface area contributed by atoms with Crippen LogP contribution in [0.15, 0.2) is 0 Å². The highest BCUT2D eigenvalue weighted by molar-refractivity contribution is 5.73. The number of quaternary nitrogens is 2. The van der Waals surface area contributed by atoms with Crippen molar-refractivity contribution in [3.8, 4) is 0 Å². The molecule has 3 aliphatic rings. The van der Waals surface area contributed by atoms with E-state index in [9.17, 15) is 4.79 Å². The van der Waals surface area contributed by atoms with Crippen molar-refractivity contribution in [2.75, 3.05) is 78.5 Å². The Balaban J connectivity index is 1.56. The van der Waals surface area contributed by atoms with Crippen LogP contribution in [-0.4, -0.2) is 98.3 Å². The molecule has 1 N–H and O–H groups in total.